The van der Waals surface area contributed by atoms with Gasteiger partial charge < -0.3 is 15.3 Å². The van der Waals surface area contributed by atoms with Crippen LogP contribution >= 0.6 is 0 Å². The second-order valence-electron chi connectivity index (χ2n) is 7.24. The minimum Gasteiger partial charge on any atom is -0.494 e. The second kappa shape index (κ2) is 8.28. The van der Waals surface area contributed by atoms with Crippen LogP contribution in [0.2, 0.25) is 0 Å². The Kier molecular flexibility index (Phi) is 5.81. The summed E-state index contributed by atoms with van der Waals surface area (Å²) in [4.78, 5) is 40.1. The lowest BCUT2D eigenvalue weighted by molar-refractivity contribution is 0.0949. The summed E-state index contributed by atoms with van der Waals surface area (Å²) in [5, 5.41) is 16.8. The third kappa shape index (κ3) is 4.41. The molecular weight excluding hydrogens is 362 g/mol. The fourth-order valence-corrected chi connectivity index (χ4v) is 3.42. The number of aromatic hydroxyl groups is 1. The van der Waals surface area contributed by atoms with Gasteiger partial charge in [0.25, 0.3) is 17.0 Å². The van der Waals surface area contributed by atoms with Gasteiger partial charge in [-0.15, -0.1) is 0 Å². The van der Waals surface area contributed by atoms with Crippen molar-refractivity contribution in [2.45, 2.75) is 45.2 Å². The van der Waals surface area contributed by atoms with Gasteiger partial charge in [0.1, 0.15) is 5.82 Å². The first-order valence-electron chi connectivity index (χ1n) is 9.43. The second-order valence-corrected chi connectivity index (χ2v) is 7.24. The summed E-state index contributed by atoms with van der Waals surface area (Å²) in [5.41, 5.74) is -0.575. The Morgan fingerprint density at radius 3 is 2.82 bits per heavy atom. The lowest BCUT2D eigenvalue weighted by Gasteiger charge is -2.37. The average Bonchev–Trinajstić information content (AvgIpc) is 2.66. The largest absolute Gasteiger partial charge is 0.494 e. The number of H-pyrrole nitrogens is 1. The van der Waals surface area contributed by atoms with Crippen LogP contribution in [0.15, 0.2) is 33.9 Å². The van der Waals surface area contributed by atoms with Gasteiger partial charge in [-0.1, -0.05) is 0 Å². The number of pyridine rings is 1. The van der Waals surface area contributed by atoms with Crippen LogP contribution in [0.5, 0.6) is 5.88 Å². The van der Waals surface area contributed by atoms with E-state index in [1.165, 1.54) is 16.8 Å². The number of anilines is 1. The van der Waals surface area contributed by atoms with E-state index in [1.807, 2.05) is 13.8 Å². The zero-order chi connectivity index (χ0) is 20.3. The maximum Gasteiger partial charge on any atom is 0.267 e. The number of rotatable bonds is 5. The van der Waals surface area contributed by atoms with Gasteiger partial charge in [-0.3, -0.25) is 19.4 Å². The van der Waals surface area contributed by atoms with E-state index in [4.69, 9.17) is 0 Å². The molecule has 0 radical (unpaired) electrons. The summed E-state index contributed by atoms with van der Waals surface area (Å²) in [6.07, 6.45) is 2.92. The highest BCUT2D eigenvalue weighted by Gasteiger charge is 2.25. The van der Waals surface area contributed by atoms with Crippen molar-refractivity contribution in [2.24, 2.45) is 0 Å². The molecule has 9 heteroatoms. The number of hydrogen-bond acceptors (Lipinski definition) is 6. The van der Waals surface area contributed by atoms with Gasteiger partial charge in [0, 0.05) is 37.3 Å². The Labute approximate surface area is 162 Å². The summed E-state index contributed by atoms with van der Waals surface area (Å²) in [7, 11) is 0. The number of piperidine rings is 1. The molecule has 3 N–H and O–H groups in total. The smallest absolute Gasteiger partial charge is 0.267 e. The van der Waals surface area contributed by atoms with Gasteiger partial charge in [0.15, 0.2) is 5.88 Å². The van der Waals surface area contributed by atoms with Gasteiger partial charge in [-0.2, -0.15) is 5.10 Å². The molecule has 1 atom stereocenters. The van der Waals surface area contributed by atoms with Crippen molar-refractivity contribution in [2.75, 3.05) is 18.0 Å². The van der Waals surface area contributed by atoms with Gasteiger partial charge in [0.2, 0.25) is 0 Å². The fraction of sp³-hybridized carbons (Fsp3) is 0.474. The van der Waals surface area contributed by atoms with E-state index in [-0.39, 0.29) is 29.1 Å². The van der Waals surface area contributed by atoms with Crippen molar-refractivity contribution >= 4 is 11.7 Å². The Hall–Kier alpha value is -3.10. The van der Waals surface area contributed by atoms with Crippen LogP contribution in [0, 0.1) is 0 Å². The van der Waals surface area contributed by atoms with Gasteiger partial charge >= 0.3 is 0 Å². The van der Waals surface area contributed by atoms with E-state index in [0.717, 1.165) is 31.9 Å². The van der Waals surface area contributed by atoms with E-state index in [9.17, 15) is 19.5 Å². The van der Waals surface area contributed by atoms with Crippen LogP contribution in [0.1, 0.15) is 49.5 Å². The predicted octanol–water partition coefficient (Wildman–Crippen LogP) is 1.01. The number of carbonyl (C=O) groups is 1. The Morgan fingerprint density at radius 2 is 2.11 bits per heavy atom. The average molecular weight is 387 g/mol. The number of amides is 1. The molecule has 150 valence electrons. The summed E-state index contributed by atoms with van der Waals surface area (Å²) >= 11 is 0. The summed E-state index contributed by atoms with van der Waals surface area (Å²) in [5.74, 6) is -0.0647. The summed E-state index contributed by atoms with van der Waals surface area (Å²) < 4.78 is 1.46. The Bertz CT molecular complexity index is 965. The molecule has 3 heterocycles. The molecule has 28 heavy (non-hydrogen) atoms. The standard InChI is InChI=1S/C19H25N5O4/c1-12(2)24-18(27)7-6-15(22-24)23-8-4-3-5-14(23)11-20-19(28)13-9-16(25)21-17(26)10-13/h6-7,9-10,12,14H,3-5,8,11H2,1-2H3,(H,20,28)(H2,21,25,26). The molecule has 2 aromatic rings. The SMILES string of the molecule is CC(C)n1nc(N2CCCCC2CNC(=O)c2cc(O)[nH]c(=O)c2)ccc1=O. The maximum atomic E-state index is 12.4. The monoisotopic (exact) mass is 387 g/mol. The quantitative estimate of drug-likeness (QED) is 0.704. The zero-order valence-corrected chi connectivity index (χ0v) is 16.0. The fourth-order valence-electron chi connectivity index (χ4n) is 3.42. The summed E-state index contributed by atoms with van der Waals surface area (Å²) in [6.45, 7) is 4.97. The summed E-state index contributed by atoms with van der Waals surface area (Å²) in [6, 6.07) is 5.59. The van der Waals surface area contributed by atoms with Crippen molar-refractivity contribution in [1.82, 2.24) is 20.1 Å². The zero-order valence-electron chi connectivity index (χ0n) is 16.0. The molecule has 1 aliphatic rings. The number of hydrogen-bond donors (Lipinski definition) is 3. The number of nitrogens with one attached hydrogen (secondary N) is 2. The van der Waals surface area contributed by atoms with Gasteiger partial charge in [-0.05, 0) is 39.2 Å². The lowest BCUT2D eigenvalue weighted by atomic mass is 10.0. The normalized spacial score (nSPS) is 17.0. The molecular formula is C19H25N5O4. The third-order valence-electron chi connectivity index (χ3n) is 4.81. The van der Waals surface area contributed by atoms with E-state index < -0.39 is 11.5 Å². The van der Waals surface area contributed by atoms with Crippen LogP contribution in [0.25, 0.3) is 0 Å². The third-order valence-corrected chi connectivity index (χ3v) is 4.81. The highest BCUT2D eigenvalue weighted by atomic mass is 16.3. The molecule has 0 aliphatic carbocycles. The lowest BCUT2D eigenvalue weighted by Crippen LogP contribution is -2.47. The highest BCUT2D eigenvalue weighted by molar-refractivity contribution is 5.94. The van der Waals surface area contributed by atoms with E-state index in [0.29, 0.717) is 12.4 Å². The molecule has 2 aromatic heterocycles. The van der Waals surface area contributed by atoms with Crippen LogP contribution in [-0.4, -0.2) is 44.9 Å². The molecule has 3 rings (SSSR count). The van der Waals surface area contributed by atoms with Gasteiger partial charge in [-0.25, -0.2) is 4.68 Å². The molecule has 0 aromatic carbocycles. The molecule has 1 unspecified atom stereocenters. The molecule has 9 nitrogen and oxygen atoms in total. The van der Waals surface area contributed by atoms with Crippen molar-refractivity contribution in [1.29, 1.82) is 0 Å². The molecule has 1 saturated heterocycles. The molecule has 0 spiro atoms. The maximum absolute atomic E-state index is 12.4. The predicted molar refractivity (Wildman–Crippen MR) is 105 cm³/mol. The molecule has 1 amide bonds. The van der Waals surface area contributed by atoms with Crippen molar-refractivity contribution in [3.63, 3.8) is 0 Å². The molecule has 0 saturated carbocycles. The number of aromatic amines is 1. The Balaban J connectivity index is 1.75. The first kappa shape index (κ1) is 19.7. The minimum atomic E-state index is -0.537. The first-order chi connectivity index (χ1) is 13.3. The van der Waals surface area contributed by atoms with Crippen molar-refractivity contribution < 1.29 is 9.90 Å². The number of carbonyl (C=O) groups excluding carboxylic acids is 1. The molecule has 1 fully saturated rings. The van der Waals surface area contributed by atoms with E-state index in [2.05, 4.69) is 20.3 Å². The number of aromatic nitrogens is 3. The highest BCUT2D eigenvalue weighted by Crippen LogP contribution is 2.22. The molecule has 1 aliphatic heterocycles. The van der Waals surface area contributed by atoms with E-state index in [1.54, 1.807) is 6.07 Å². The number of nitrogens with zero attached hydrogens (tertiary/aromatic N) is 3. The van der Waals surface area contributed by atoms with Gasteiger partial charge in [0.05, 0.1) is 11.6 Å². The minimum absolute atomic E-state index is 0.0268. The van der Waals surface area contributed by atoms with Crippen LogP contribution in [0.3, 0.4) is 0 Å². The molecule has 0 bridgehead atoms. The topological polar surface area (TPSA) is 120 Å². The first-order valence-corrected chi connectivity index (χ1v) is 9.43. The Morgan fingerprint density at radius 1 is 1.32 bits per heavy atom. The van der Waals surface area contributed by atoms with Crippen molar-refractivity contribution in [3.05, 3.63) is 50.5 Å². The van der Waals surface area contributed by atoms with Crippen molar-refractivity contribution in [3.8, 4) is 5.88 Å². The van der Waals surface area contributed by atoms with Crippen LogP contribution < -0.4 is 21.3 Å². The van der Waals surface area contributed by atoms with Crippen LogP contribution in [-0.2, 0) is 0 Å². The van der Waals surface area contributed by atoms with E-state index >= 15 is 0 Å². The van der Waals surface area contributed by atoms with Crippen LogP contribution in [0.4, 0.5) is 5.82 Å².